The molecule has 0 amide bonds. The van der Waals surface area contributed by atoms with E-state index in [1.54, 1.807) is 12.8 Å². The third-order valence-electron chi connectivity index (χ3n) is 22.2. The lowest BCUT2D eigenvalue weighted by atomic mass is 9.46. The highest BCUT2D eigenvalue weighted by atomic mass is 14.7. The zero-order valence-electron chi connectivity index (χ0n) is 40.5. The number of fused-ring (bicyclic) bond motifs is 10. The minimum Gasteiger partial charge on any atom is -0.0848 e. The standard InChI is InChI=1S/C29H50.C28H48/c1-7-22(20(2)3)12-11-21(4)25-15-16-26-24-14-13-23-10-8-9-18-28(23,5)27(24)17-19-29(25,26)6;1-19(2)20(3)10-11-21(4)24-14-15-25-23-13-12-22-9-7-8-17-27(22,5)26(23)16-18-28(24,25)6/h10,20-22,24-27H,7-9,11-19H2,1-6H3;9,19-21,23-26H,7-8,10-18H2,1-6H3/t21-,22-,24+,25-,26+,27+,28+,29-;20-,21-,23+,24-,25+,26+,27+,28-/m11/s1. The maximum atomic E-state index is 2.75. The van der Waals surface area contributed by atoms with Crippen LogP contribution in [0.25, 0.3) is 0 Å². The lowest BCUT2D eigenvalue weighted by Gasteiger charge is -2.58. The van der Waals surface area contributed by atoms with Gasteiger partial charge in [0, 0.05) is 0 Å². The smallest absolute Gasteiger partial charge is 0.00853 e. The third-order valence-corrected chi connectivity index (χ3v) is 22.2. The quantitative estimate of drug-likeness (QED) is 0.183. The van der Waals surface area contributed by atoms with Gasteiger partial charge < -0.3 is 0 Å². The van der Waals surface area contributed by atoms with E-state index in [-0.39, 0.29) is 0 Å². The summed E-state index contributed by atoms with van der Waals surface area (Å²) in [5.74, 6) is 13.5. The minimum atomic E-state index is 0.567. The number of hydrogen-bond donors (Lipinski definition) is 0. The van der Waals surface area contributed by atoms with Crippen molar-refractivity contribution in [2.75, 3.05) is 0 Å². The van der Waals surface area contributed by atoms with Gasteiger partial charge in [0.15, 0.2) is 0 Å². The van der Waals surface area contributed by atoms with Gasteiger partial charge in [-0.1, -0.05) is 132 Å². The molecule has 0 aliphatic heterocycles. The Balaban J connectivity index is 0.000000174. The van der Waals surface area contributed by atoms with Gasteiger partial charge in [-0.2, -0.15) is 0 Å². The summed E-state index contributed by atoms with van der Waals surface area (Å²) in [5.41, 5.74) is 6.17. The molecule has 6 fully saturated rings. The second-order valence-corrected chi connectivity index (χ2v) is 25.1. The van der Waals surface area contributed by atoms with Gasteiger partial charge in [-0.05, 0) is 227 Å². The maximum absolute atomic E-state index is 2.75. The highest BCUT2D eigenvalue weighted by Crippen LogP contribution is 2.69. The Bertz CT molecular complexity index is 1390. The van der Waals surface area contributed by atoms with Crippen LogP contribution in [0.4, 0.5) is 0 Å². The molecule has 6 saturated carbocycles. The fraction of sp³-hybridized carbons (Fsp3) is 0.930. The normalized spacial score (nSPS) is 44.5. The van der Waals surface area contributed by atoms with Gasteiger partial charge in [0.05, 0.1) is 0 Å². The summed E-state index contributed by atoms with van der Waals surface area (Å²) >= 11 is 0. The van der Waals surface area contributed by atoms with E-state index < -0.39 is 0 Å². The van der Waals surface area contributed by atoms with Gasteiger partial charge in [-0.25, -0.2) is 0 Å². The zero-order chi connectivity index (χ0) is 40.9. The van der Waals surface area contributed by atoms with Gasteiger partial charge >= 0.3 is 0 Å². The molecule has 0 saturated heterocycles. The van der Waals surface area contributed by atoms with E-state index in [1.165, 1.54) is 135 Å². The van der Waals surface area contributed by atoms with Crippen molar-refractivity contribution in [2.45, 2.75) is 231 Å². The molecular formula is C57H98. The monoisotopic (exact) mass is 783 g/mol. The molecule has 8 aliphatic rings. The van der Waals surface area contributed by atoms with Crippen LogP contribution in [0, 0.1) is 105 Å². The zero-order valence-corrected chi connectivity index (χ0v) is 40.5. The van der Waals surface area contributed by atoms with Crippen molar-refractivity contribution in [1.82, 2.24) is 0 Å². The molecule has 0 spiro atoms. The van der Waals surface area contributed by atoms with Crippen molar-refractivity contribution in [2.24, 2.45) is 105 Å². The molecule has 8 rings (SSSR count). The first-order valence-corrected chi connectivity index (χ1v) is 26.5. The van der Waals surface area contributed by atoms with Gasteiger partial charge in [-0.15, -0.1) is 0 Å². The molecule has 0 unspecified atom stereocenters. The molecule has 0 aromatic rings. The molecule has 0 radical (unpaired) electrons. The van der Waals surface area contributed by atoms with E-state index in [9.17, 15) is 0 Å². The highest BCUT2D eigenvalue weighted by molar-refractivity contribution is 5.25. The van der Waals surface area contributed by atoms with Gasteiger partial charge in [0.1, 0.15) is 0 Å². The predicted molar refractivity (Wildman–Crippen MR) is 249 cm³/mol. The Kier molecular flexibility index (Phi) is 13.8. The second-order valence-electron chi connectivity index (χ2n) is 25.1. The Hall–Kier alpha value is -0.520. The van der Waals surface area contributed by atoms with Crippen LogP contribution in [0.2, 0.25) is 0 Å². The van der Waals surface area contributed by atoms with Crippen molar-refractivity contribution < 1.29 is 0 Å². The van der Waals surface area contributed by atoms with Gasteiger partial charge in [0.2, 0.25) is 0 Å². The summed E-state index contributed by atoms with van der Waals surface area (Å²) in [4.78, 5) is 0. The molecule has 0 aromatic carbocycles. The predicted octanol–water partition coefficient (Wildman–Crippen LogP) is 17.7. The molecule has 0 aromatic heterocycles. The molecule has 326 valence electrons. The van der Waals surface area contributed by atoms with Crippen LogP contribution in [-0.4, -0.2) is 0 Å². The highest BCUT2D eigenvalue weighted by Gasteiger charge is 2.60. The van der Waals surface area contributed by atoms with Crippen LogP contribution in [0.1, 0.15) is 231 Å². The number of rotatable bonds is 11. The average Bonchev–Trinajstić information content (AvgIpc) is 3.73. The first-order valence-electron chi connectivity index (χ1n) is 26.5. The van der Waals surface area contributed by atoms with Crippen LogP contribution >= 0.6 is 0 Å². The van der Waals surface area contributed by atoms with Gasteiger partial charge in [-0.3, -0.25) is 0 Å². The number of hydrogen-bond acceptors (Lipinski definition) is 0. The van der Waals surface area contributed by atoms with E-state index in [2.05, 4.69) is 95.2 Å². The van der Waals surface area contributed by atoms with Crippen LogP contribution in [0.3, 0.4) is 0 Å². The van der Waals surface area contributed by atoms with Crippen molar-refractivity contribution in [3.05, 3.63) is 23.3 Å². The fourth-order valence-electron chi connectivity index (χ4n) is 18.2. The van der Waals surface area contributed by atoms with Crippen molar-refractivity contribution in [3.8, 4) is 0 Å². The molecule has 0 heterocycles. The molecular weight excluding hydrogens is 685 g/mol. The molecule has 0 N–H and O–H groups in total. The summed E-state index contributed by atoms with van der Waals surface area (Å²) in [5, 5.41) is 0. The molecule has 0 heteroatoms. The summed E-state index contributed by atoms with van der Waals surface area (Å²) in [7, 11) is 0. The first-order chi connectivity index (χ1) is 27.1. The van der Waals surface area contributed by atoms with E-state index >= 15 is 0 Å². The van der Waals surface area contributed by atoms with Crippen LogP contribution in [0.15, 0.2) is 23.3 Å². The van der Waals surface area contributed by atoms with E-state index in [1.807, 2.05) is 11.1 Å². The maximum Gasteiger partial charge on any atom is -0.00853 e. The van der Waals surface area contributed by atoms with E-state index in [4.69, 9.17) is 0 Å². The first kappa shape index (κ1) is 44.5. The lowest BCUT2D eigenvalue weighted by Crippen LogP contribution is -2.50. The lowest BCUT2D eigenvalue weighted by molar-refractivity contribution is -0.0595. The minimum absolute atomic E-state index is 0.567. The van der Waals surface area contributed by atoms with Crippen molar-refractivity contribution in [3.63, 3.8) is 0 Å². The molecule has 0 nitrogen and oxygen atoms in total. The van der Waals surface area contributed by atoms with Gasteiger partial charge in [0.25, 0.3) is 0 Å². The summed E-state index contributed by atoms with van der Waals surface area (Å²) < 4.78 is 0. The third kappa shape index (κ3) is 8.16. The average molecular weight is 783 g/mol. The van der Waals surface area contributed by atoms with Crippen LogP contribution < -0.4 is 0 Å². The SMILES string of the molecule is CC(C)[C@H](C)CC[C@@H](C)[C@H]1CC[C@H]2[C@@H]3CCC4=CCCC[C@]4(C)[C@H]3CC[C@]12C.CC[C@H](CC[C@@H](C)[C@H]1CC[C@H]2[C@@H]3CCC4=CCCC[C@]4(C)[C@H]3CC[C@]12C)C(C)C. The topological polar surface area (TPSA) is 0 Å². The Morgan fingerprint density at radius 2 is 0.965 bits per heavy atom. The van der Waals surface area contributed by atoms with Crippen molar-refractivity contribution in [1.29, 1.82) is 0 Å². The fourth-order valence-corrected chi connectivity index (χ4v) is 18.2. The summed E-state index contributed by atoms with van der Waals surface area (Å²) in [6.07, 6.45) is 39.2. The molecule has 57 heavy (non-hydrogen) atoms. The van der Waals surface area contributed by atoms with Crippen molar-refractivity contribution >= 4 is 0 Å². The summed E-state index contributed by atoms with van der Waals surface area (Å²) in [6.45, 7) is 30.6. The van der Waals surface area contributed by atoms with Crippen LogP contribution in [0.5, 0.6) is 0 Å². The Morgan fingerprint density at radius 3 is 1.39 bits per heavy atom. The second kappa shape index (κ2) is 17.7. The van der Waals surface area contributed by atoms with E-state index in [0.717, 1.165) is 82.9 Å². The molecule has 16 atom stereocenters. The largest absolute Gasteiger partial charge is 0.0848 e. The number of allylic oxidation sites excluding steroid dienone is 4. The summed E-state index contributed by atoms with van der Waals surface area (Å²) in [6, 6.07) is 0. The Labute approximate surface area is 357 Å². The molecule has 8 aliphatic carbocycles. The Morgan fingerprint density at radius 1 is 0.509 bits per heavy atom. The van der Waals surface area contributed by atoms with E-state index in [0.29, 0.717) is 21.7 Å². The molecule has 0 bridgehead atoms. The van der Waals surface area contributed by atoms with Crippen LogP contribution in [-0.2, 0) is 0 Å².